The average molecular weight is 500 g/mol. The van der Waals surface area contributed by atoms with Gasteiger partial charge in [0.1, 0.15) is 28.2 Å². The molecule has 0 radical (unpaired) electrons. The van der Waals surface area contributed by atoms with E-state index in [0.717, 1.165) is 25.7 Å². The van der Waals surface area contributed by atoms with Crippen molar-refractivity contribution in [3.05, 3.63) is 34.5 Å². The minimum absolute atomic E-state index is 0.0799. The second kappa shape index (κ2) is 11.4. The summed E-state index contributed by atoms with van der Waals surface area (Å²) in [4.78, 5) is 15.7. The number of hydrogen-bond acceptors (Lipinski definition) is 9. The molecule has 194 valence electrons. The summed E-state index contributed by atoms with van der Waals surface area (Å²) in [5.74, 6) is 0.679. The Bertz CT molecular complexity index is 1240. The Morgan fingerprint density at radius 3 is 2.31 bits per heavy atom. The van der Waals surface area contributed by atoms with Crippen LogP contribution < -0.4 is 24.5 Å². The highest BCUT2D eigenvalue weighted by Crippen LogP contribution is 2.43. The molecule has 3 aromatic rings. The van der Waals surface area contributed by atoms with Crippen LogP contribution in [-0.2, 0) is 4.74 Å². The Labute approximate surface area is 209 Å². The number of morpholine rings is 1. The molecule has 0 unspecified atom stereocenters. The van der Waals surface area contributed by atoms with Gasteiger partial charge in [0.2, 0.25) is 11.2 Å². The molecule has 2 heterocycles. The minimum Gasteiger partial charge on any atom is -0.507 e. The van der Waals surface area contributed by atoms with Crippen molar-refractivity contribution in [2.24, 2.45) is 0 Å². The highest BCUT2D eigenvalue weighted by atomic mass is 16.5. The molecule has 2 aromatic carbocycles. The Morgan fingerprint density at radius 2 is 1.67 bits per heavy atom. The fourth-order valence-corrected chi connectivity index (χ4v) is 4.36. The molecule has 0 aliphatic carbocycles. The van der Waals surface area contributed by atoms with Crippen LogP contribution in [0.25, 0.3) is 22.3 Å². The van der Waals surface area contributed by atoms with E-state index in [1.165, 1.54) is 20.3 Å². The predicted molar refractivity (Wildman–Crippen MR) is 137 cm³/mol. The largest absolute Gasteiger partial charge is 0.507 e. The van der Waals surface area contributed by atoms with Gasteiger partial charge < -0.3 is 38.5 Å². The molecule has 9 nitrogen and oxygen atoms in total. The van der Waals surface area contributed by atoms with Crippen LogP contribution in [0.2, 0.25) is 0 Å². The SMILES string of the molecule is CCCCCCOc1cc(O)c2c(=O)c(N3CCOCC3)c(-c3cc(OC)c(O)c(OC)c3)oc2c1. The summed E-state index contributed by atoms with van der Waals surface area (Å²) in [6, 6.07) is 6.24. The first kappa shape index (κ1) is 25.5. The molecule has 2 N–H and O–H groups in total. The standard InChI is InChI=1S/C27H33NO8/c1-4-5-6-7-10-35-18-15-19(29)23-20(16-18)36-27(24(26(23)31)28-8-11-34-12-9-28)17-13-21(32-2)25(30)22(14-17)33-3/h13-16,29-30H,4-12H2,1-3H3. The molecular formula is C27H33NO8. The Balaban J connectivity index is 1.87. The Kier molecular flexibility index (Phi) is 8.10. The third kappa shape index (κ3) is 5.16. The summed E-state index contributed by atoms with van der Waals surface area (Å²) in [5.41, 5.74) is 0.601. The van der Waals surface area contributed by atoms with Crippen molar-refractivity contribution in [1.82, 2.24) is 0 Å². The smallest absolute Gasteiger partial charge is 0.220 e. The summed E-state index contributed by atoms with van der Waals surface area (Å²) >= 11 is 0. The number of benzene rings is 2. The lowest BCUT2D eigenvalue weighted by Crippen LogP contribution is -2.39. The van der Waals surface area contributed by atoms with Gasteiger partial charge in [-0.3, -0.25) is 4.79 Å². The number of aromatic hydroxyl groups is 2. The molecule has 1 aliphatic rings. The fraction of sp³-hybridized carbons (Fsp3) is 0.444. The first-order valence-electron chi connectivity index (χ1n) is 12.2. The first-order valence-corrected chi connectivity index (χ1v) is 12.2. The third-order valence-electron chi connectivity index (χ3n) is 6.26. The Hall–Kier alpha value is -3.59. The van der Waals surface area contributed by atoms with Crippen LogP contribution in [0.15, 0.2) is 33.5 Å². The van der Waals surface area contributed by atoms with Crippen molar-refractivity contribution in [2.75, 3.05) is 52.0 Å². The van der Waals surface area contributed by atoms with Gasteiger partial charge in [0, 0.05) is 30.8 Å². The van der Waals surface area contributed by atoms with Crippen LogP contribution in [0.4, 0.5) is 5.69 Å². The lowest BCUT2D eigenvalue weighted by Gasteiger charge is -2.29. The van der Waals surface area contributed by atoms with Gasteiger partial charge in [0.05, 0.1) is 34.0 Å². The maximum Gasteiger partial charge on any atom is 0.220 e. The van der Waals surface area contributed by atoms with Crippen molar-refractivity contribution in [3.8, 4) is 40.1 Å². The van der Waals surface area contributed by atoms with Crippen molar-refractivity contribution < 1.29 is 33.6 Å². The number of phenols is 2. The van der Waals surface area contributed by atoms with Gasteiger partial charge in [-0.15, -0.1) is 0 Å². The summed E-state index contributed by atoms with van der Waals surface area (Å²) in [6.45, 7) is 4.52. The zero-order valence-electron chi connectivity index (χ0n) is 21.0. The molecule has 1 fully saturated rings. The molecule has 1 aromatic heterocycles. The van der Waals surface area contributed by atoms with E-state index in [9.17, 15) is 15.0 Å². The maximum absolute atomic E-state index is 13.8. The van der Waals surface area contributed by atoms with Crippen LogP contribution in [0.1, 0.15) is 32.6 Å². The molecule has 0 spiro atoms. The molecule has 9 heteroatoms. The van der Waals surface area contributed by atoms with Crippen LogP contribution in [0.5, 0.6) is 28.7 Å². The minimum atomic E-state index is -0.369. The highest BCUT2D eigenvalue weighted by Gasteiger charge is 2.26. The number of methoxy groups -OCH3 is 2. The highest BCUT2D eigenvalue weighted by molar-refractivity contribution is 5.91. The monoisotopic (exact) mass is 499 g/mol. The van der Waals surface area contributed by atoms with Crippen molar-refractivity contribution in [3.63, 3.8) is 0 Å². The number of anilines is 1. The van der Waals surface area contributed by atoms with Crippen molar-refractivity contribution in [1.29, 1.82) is 0 Å². The van der Waals surface area contributed by atoms with Crippen LogP contribution in [-0.4, -0.2) is 57.3 Å². The van der Waals surface area contributed by atoms with E-state index in [1.54, 1.807) is 18.2 Å². The zero-order valence-corrected chi connectivity index (χ0v) is 21.0. The van der Waals surface area contributed by atoms with E-state index < -0.39 is 0 Å². The topological polar surface area (TPSA) is 111 Å². The normalized spacial score (nSPS) is 13.7. The first-order chi connectivity index (χ1) is 17.5. The summed E-state index contributed by atoms with van der Waals surface area (Å²) < 4.78 is 28.3. The zero-order chi connectivity index (χ0) is 25.7. The summed E-state index contributed by atoms with van der Waals surface area (Å²) in [5, 5.41) is 21.3. The number of nitrogens with zero attached hydrogens (tertiary/aromatic N) is 1. The molecule has 36 heavy (non-hydrogen) atoms. The van der Waals surface area contributed by atoms with Crippen LogP contribution >= 0.6 is 0 Å². The number of fused-ring (bicyclic) bond motifs is 1. The van der Waals surface area contributed by atoms with Crippen molar-refractivity contribution in [2.45, 2.75) is 32.6 Å². The lowest BCUT2D eigenvalue weighted by atomic mass is 10.1. The second-order valence-corrected chi connectivity index (χ2v) is 8.66. The summed E-state index contributed by atoms with van der Waals surface area (Å²) in [7, 11) is 2.86. The van der Waals surface area contributed by atoms with Crippen LogP contribution in [0, 0.1) is 0 Å². The quantitative estimate of drug-likeness (QED) is 0.384. The average Bonchev–Trinajstić information content (AvgIpc) is 2.88. The van der Waals surface area contributed by atoms with Gasteiger partial charge in [-0.2, -0.15) is 0 Å². The number of hydrogen-bond donors (Lipinski definition) is 2. The van der Waals surface area contributed by atoms with Gasteiger partial charge in [-0.25, -0.2) is 0 Å². The number of ether oxygens (including phenoxy) is 4. The van der Waals surface area contributed by atoms with E-state index in [-0.39, 0.29) is 45.2 Å². The molecule has 4 rings (SSSR count). The molecular weight excluding hydrogens is 466 g/mol. The molecule has 1 saturated heterocycles. The molecule has 0 amide bonds. The van der Waals surface area contributed by atoms with Gasteiger partial charge in [-0.1, -0.05) is 26.2 Å². The van der Waals surface area contributed by atoms with Gasteiger partial charge in [0.25, 0.3) is 0 Å². The van der Waals surface area contributed by atoms with E-state index >= 15 is 0 Å². The van der Waals surface area contributed by atoms with E-state index in [0.29, 0.717) is 49.9 Å². The molecule has 0 saturated carbocycles. The Morgan fingerprint density at radius 1 is 0.972 bits per heavy atom. The molecule has 1 aliphatic heterocycles. The van der Waals surface area contributed by atoms with Gasteiger partial charge >= 0.3 is 0 Å². The van der Waals surface area contributed by atoms with Crippen LogP contribution in [0.3, 0.4) is 0 Å². The number of unbranched alkanes of at least 4 members (excludes halogenated alkanes) is 3. The fourth-order valence-electron chi connectivity index (χ4n) is 4.36. The van der Waals surface area contributed by atoms with Gasteiger partial charge in [-0.05, 0) is 18.6 Å². The third-order valence-corrected chi connectivity index (χ3v) is 6.26. The molecule has 0 bridgehead atoms. The molecule has 0 atom stereocenters. The number of phenolic OH excluding ortho intramolecular Hbond substituents is 2. The van der Waals surface area contributed by atoms with E-state index in [2.05, 4.69) is 6.92 Å². The lowest BCUT2D eigenvalue weighted by molar-refractivity contribution is 0.122. The van der Waals surface area contributed by atoms with E-state index in [4.69, 9.17) is 23.4 Å². The number of rotatable bonds is 10. The summed E-state index contributed by atoms with van der Waals surface area (Å²) in [6.07, 6.45) is 4.21. The van der Waals surface area contributed by atoms with E-state index in [1.807, 2.05) is 4.90 Å². The maximum atomic E-state index is 13.8. The predicted octanol–water partition coefficient (Wildman–Crippen LogP) is 4.68. The van der Waals surface area contributed by atoms with Crippen molar-refractivity contribution >= 4 is 16.7 Å². The van der Waals surface area contributed by atoms with Gasteiger partial charge in [0.15, 0.2) is 17.3 Å². The second-order valence-electron chi connectivity index (χ2n) is 8.66.